The van der Waals surface area contributed by atoms with E-state index in [4.69, 9.17) is 24.7 Å². The van der Waals surface area contributed by atoms with Crippen molar-refractivity contribution in [3.63, 3.8) is 0 Å². The summed E-state index contributed by atoms with van der Waals surface area (Å²) < 4.78 is 22.0. The molecular weight excluding hydrogens is 384 g/mol. The number of benzene rings is 2. The van der Waals surface area contributed by atoms with Gasteiger partial charge in [-0.25, -0.2) is 0 Å². The summed E-state index contributed by atoms with van der Waals surface area (Å²) in [7, 11) is 4.75. The maximum absolute atomic E-state index is 11.7. The van der Waals surface area contributed by atoms with Gasteiger partial charge in [0.25, 0.3) is 0 Å². The molecule has 1 aromatic heterocycles. The van der Waals surface area contributed by atoms with Crippen LogP contribution in [0.3, 0.4) is 0 Å². The number of carbonyl (C=O) groups is 1. The third kappa shape index (κ3) is 4.25. The first-order chi connectivity index (χ1) is 14.5. The van der Waals surface area contributed by atoms with Crippen molar-refractivity contribution in [1.29, 1.82) is 0 Å². The Labute approximate surface area is 175 Å². The van der Waals surface area contributed by atoms with Crippen LogP contribution in [-0.2, 0) is 17.6 Å². The Hall–Kier alpha value is -3.48. The molecule has 0 radical (unpaired) electrons. The molecule has 7 heteroatoms. The summed E-state index contributed by atoms with van der Waals surface area (Å²) in [6.07, 6.45) is 4.24. The predicted molar refractivity (Wildman–Crippen MR) is 115 cm³/mol. The van der Waals surface area contributed by atoms with E-state index < -0.39 is 5.91 Å². The summed E-state index contributed by atoms with van der Waals surface area (Å²) in [6, 6.07) is 7.70. The molecule has 3 rings (SSSR count). The summed E-state index contributed by atoms with van der Waals surface area (Å²) in [5.41, 5.74) is 8.20. The Morgan fingerprint density at radius 1 is 0.967 bits per heavy atom. The van der Waals surface area contributed by atoms with Crippen molar-refractivity contribution in [3.05, 3.63) is 53.3 Å². The SMILES string of the molecule is CCOc1ccc2c(Cc3cc(OC)c(OC)c(OC)c3)cncc2c1CC(N)=O. The van der Waals surface area contributed by atoms with Crippen molar-refractivity contribution in [3.8, 4) is 23.0 Å². The van der Waals surface area contributed by atoms with Crippen molar-refractivity contribution in [2.75, 3.05) is 27.9 Å². The van der Waals surface area contributed by atoms with Crippen LogP contribution in [0.5, 0.6) is 23.0 Å². The lowest BCUT2D eigenvalue weighted by Gasteiger charge is -2.16. The first-order valence-electron chi connectivity index (χ1n) is 9.60. The van der Waals surface area contributed by atoms with Gasteiger partial charge in [-0.2, -0.15) is 0 Å². The highest BCUT2D eigenvalue weighted by molar-refractivity contribution is 5.93. The van der Waals surface area contributed by atoms with Crippen LogP contribution in [0.4, 0.5) is 0 Å². The van der Waals surface area contributed by atoms with Crippen molar-refractivity contribution in [2.24, 2.45) is 5.73 Å². The molecule has 0 bridgehead atoms. The number of aromatic nitrogens is 1. The second kappa shape index (κ2) is 9.35. The lowest BCUT2D eigenvalue weighted by Crippen LogP contribution is -2.15. The molecular formula is C23H26N2O5. The predicted octanol–water partition coefficient (Wildman–Crippen LogP) is 3.28. The summed E-state index contributed by atoms with van der Waals surface area (Å²) in [5.74, 6) is 1.96. The van der Waals surface area contributed by atoms with Gasteiger partial charge in [-0.05, 0) is 48.1 Å². The van der Waals surface area contributed by atoms with E-state index in [0.717, 1.165) is 27.5 Å². The molecule has 0 unspecified atom stereocenters. The zero-order valence-corrected chi connectivity index (χ0v) is 17.7. The molecule has 0 aliphatic rings. The van der Waals surface area contributed by atoms with Gasteiger partial charge in [0.05, 0.1) is 34.4 Å². The highest BCUT2D eigenvalue weighted by Crippen LogP contribution is 2.39. The number of carbonyl (C=O) groups excluding carboxylic acids is 1. The Bertz CT molecular complexity index is 1040. The standard InChI is InChI=1S/C23H26N2O5/c1-5-30-19-7-6-16-15(12-25-13-18(16)17(19)11-22(24)26)8-14-9-20(27-2)23(29-4)21(10-14)28-3/h6-7,9-10,12-13H,5,8,11H2,1-4H3,(H2,24,26). The van der Waals surface area contributed by atoms with Gasteiger partial charge in [0.2, 0.25) is 11.7 Å². The normalized spacial score (nSPS) is 10.7. The Morgan fingerprint density at radius 2 is 1.67 bits per heavy atom. The van der Waals surface area contributed by atoms with E-state index in [9.17, 15) is 4.79 Å². The molecule has 0 spiro atoms. The fourth-order valence-electron chi connectivity index (χ4n) is 3.59. The number of methoxy groups -OCH3 is 3. The number of primary amides is 1. The number of nitrogens with two attached hydrogens (primary N) is 1. The van der Waals surface area contributed by atoms with E-state index in [1.54, 1.807) is 27.5 Å². The molecule has 0 saturated carbocycles. The quantitative estimate of drug-likeness (QED) is 0.582. The second-order valence-corrected chi connectivity index (χ2v) is 6.72. The lowest BCUT2D eigenvalue weighted by atomic mass is 9.96. The molecule has 0 atom stereocenters. The van der Waals surface area contributed by atoms with Gasteiger partial charge in [0, 0.05) is 23.3 Å². The van der Waals surface area contributed by atoms with Crippen LogP contribution in [0, 0.1) is 0 Å². The maximum Gasteiger partial charge on any atom is 0.222 e. The average molecular weight is 410 g/mol. The van der Waals surface area contributed by atoms with Crippen LogP contribution in [0.25, 0.3) is 10.8 Å². The first-order valence-corrected chi connectivity index (χ1v) is 9.60. The molecule has 7 nitrogen and oxygen atoms in total. The summed E-state index contributed by atoms with van der Waals surface area (Å²) >= 11 is 0. The lowest BCUT2D eigenvalue weighted by molar-refractivity contribution is -0.117. The first kappa shape index (κ1) is 21.2. The maximum atomic E-state index is 11.7. The zero-order valence-electron chi connectivity index (χ0n) is 17.7. The Morgan fingerprint density at radius 3 is 2.23 bits per heavy atom. The summed E-state index contributed by atoms with van der Waals surface area (Å²) in [6.45, 7) is 2.40. The van der Waals surface area contributed by atoms with Crippen molar-refractivity contribution in [2.45, 2.75) is 19.8 Å². The fraction of sp³-hybridized carbons (Fsp3) is 0.304. The molecule has 0 aliphatic heterocycles. The van der Waals surface area contributed by atoms with Gasteiger partial charge in [0.1, 0.15) is 5.75 Å². The minimum absolute atomic E-state index is 0.0853. The molecule has 0 aliphatic carbocycles. The van der Waals surface area contributed by atoms with Gasteiger partial charge in [-0.3, -0.25) is 9.78 Å². The van der Waals surface area contributed by atoms with E-state index >= 15 is 0 Å². The van der Waals surface area contributed by atoms with Gasteiger partial charge in [-0.15, -0.1) is 0 Å². The number of pyridine rings is 1. The number of nitrogens with zero attached hydrogens (tertiary/aromatic N) is 1. The number of ether oxygens (including phenoxy) is 4. The van der Waals surface area contributed by atoms with E-state index in [1.165, 1.54) is 0 Å². The third-order valence-electron chi connectivity index (χ3n) is 4.86. The second-order valence-electron chi connectivity index (χ2n) is 6.72. The molecule has 1 amide bonds. The average Bonchev–Trinajstić information content (AvgIpc) is 2.74. The van der Waals surface area contributed by atoms with Crippen LogP contribution < -0.4 is 24.7 Å². The largest absolute Gasteiger partial charge is 0.494 e. The van der Waals surface area contributed by atoms with Crippen molar-refractivity contribution >= 4 is 16.7 Å². The van der Waals surface area contributed by atoms with Crippen LogP contribution >= 0.6 is 0 Å². The Kier molecular flexibility index (Phi) is 6.61. The van der Waals surface area contributed by atoms with E-state index in [-0.39, 0.29) is 6.42 Å². The van der Waals surface area contributed by atoms with Crippen LogP contribution in [-0.4, -0.2) is 38.8 Å². The number of fused-ring (bicyclic) bond motifs is 1. The zero-order chi connectivity index (χ0) is 21.7. The minimum Gasteiger partial charge on any atom is -0.494 e. The topological polar surface area (TPSA) is 92.9 Å². The molecule has 0 fully saturated rings. The molecule has 0 saturated heterocycles. The van der Waals surface area contributed by atoms with Crippen LogP contribution in [0.2, 0.25) is 0 Å². The van der Waals surface area contributed by atoms with Crippen LogP contribution in [0.15, 0.2) is 36.7 Å². The highest BCUT2D eigenvalue weighted by atomic mass is 16.5. The summed E-state index contributed by atoms with van der Waals surface area (Å²) in [4.78, 5) is 16.1. The smallest absolute Gasteiger partial charge is 0.222 e. The van der Waals surface area contributed by atoms with Crippen LogP contribution in [0.1, 0.15) is 23.6 Å². The van der Waals surface area contributed by atoms with Gasteiger partial charge < -0.3 is 24.7 Å². The highest BCUT2D eigenvalue weighted by Gasteiger charge is 2.16. The number of rotatable bonds is 9. The fourth-order valence-corrected chi connectivity index (χ4v) is 3.59. The van der Waals surface area contributed by atoms with Gasteiger partial charge in [0.15, 0.2) is 11.5 Å². The third-order valence-corrected chi connectivity index (χ3v) is 4.86. The molecule has 1 heterocycles. The molecule has 30 heavy (non-hydrogen) atoms. The van der Waals surface area contributed by atoms with Gasteiger partial charge in [-0.1, -0.05) is 6.07 Å². The molecule has 158 valence electrons. The number of amides is 1. The molecule has 2 aromatic carbocycles. The van der Waals surface area contributed by atoms with Crippen molar-refractivity contribution in [1.82, 2.24) is 4.98 Å². The molecule has 3 aromatic rings. The van der Waals surface area contributed by atoms with Gasteiger partial charge >= 0.3 is 0 Å². The molecule has 2 N–H and O–H groups in total. The summed E-state index contributed by atoms with van der Waals surface area (Å²) in [5, 5.41) is 1.84. The van der Waals surface area contributed by atoms with E-state index in [1.807, 2.05) is 37.4 Å². The van der Waals surface area contributed by atoms with E-state index in [0.29, 0.717) is 36.0 Å². The number of hydrogen-bond acceptors (Lipinski definition) is 6. The monoisotopic (exact) mass is 410 g/mol. The Balaban J connectivity index is 2.10. The number of hydrogen-bond donors (Lipinski definition) is 1. The van der Waals surface area contributed by atoms with E-state index in [2.05, 4.69) is 4.98 Å². The minimum atomic E-state index is -0.418. The van der Waals surface area contributed by atoms with Crippen molar-refractivity contribution < 1.29 is 23.7 Å².